The molecule has 0 unspecified atom stereocenters. The summed E-state index contributed by atoms with van der Waals surface area (Å²) in [5.41, 5.74) is 2.98. The van der Waals surface area contributed by atoms with Crippen LogP contribution in [0.25, 0.3) is 10.2 Å². The van der Waals surface area contributed by atoms with Gasteiger partial charge in [0.25, 0.3) is 0 Å². The van der Waals surface area contributed by atoms with Crippen LogP contribution in [0.5, 0.6) is 0 Å². The number of anilines is 2. The van der Waals surface area contributed by atoms with Crippen molar-refractivity contribution in [2.45, 2.75) is 20.4 Å². The molecule has 0 fully saturated rings. The van der Waals surface area contributed by atoms with E-state index in [1.54, 1.807) is 22.7 Å². The molecule has 0 saturated carbocycles. The first kappa shape index (κ1) is 14.2. The van der Waals surface area contributed by atoms with Gasteiger partial charge in [0.05, 0.1) is 23.1 Å². The van der Waals surface area contributed by atoms with Crippen LogP contribution in [0.4, 0.5) is 11.8 Å². The fraction of sp³-hybridized carbons (Fsp3) is 0.357. The van der Waals surface area contributed by atoms with Crippen molar-refractivity contribution in [1.82, 2.24) is 15.0 Å². The van der Waals surface area contributed by atoms with E-state index in [9.17, 15) is 0 Å². The van der Waals surface area contributed by atoms with E-state index in [2.05, 4.69) is 43.7 Å². The molecule has 3 aromatic heterocycles. The molecule has 0 radical (unpaired) electrons. The van der Waals surface area contributed by atoms with Crippen LogP contribution in [-0.4, -0.2) is 28.5 Å². The Morgan fingerprint density at radius 3 is 2.86 bits per heavy atom. The van der Waals surface area contributed by atoms with Gasteiger partial charge in [-0.05, 0) is 25.3 Å². The van der Waals surface area contributed by atoms with E-state index in [-0.39, 0.29) is 0 Å². The maximum atomic E-state index is 4.67. The Hall–Kier alpha value is -1.73. The zero-order chi connectivity index (χ0) is 14.8. The molecule has 0 aliphatic rings. The van der Waals surface area contributed by atoms with Crippen molar-refractivity contribution in [2.75, 3.05) is 23.8 Å². The second kappa shape index (κ2) is 5.95. The minimum atomic E-state index is 0.690. The molecule has 3 aromatic rings. The summed E-state index contributed by atoms with van der Waals surface area (Å²) in [6.07, 6.45) is 0. The van der Waals surface area contributed by atoms with Gasteiger partial charge in [0.1, 0.15) is 10.6 Å². The smallest absolute Gasteiger partial charge is 0.226 e. The van der Waals surface area contributed by atoms with E-state index in [1.807, 2.05) is 19.4 Å². The fourth-order valence-electron chi connectivity index (χ4n) is 2.14. The van der Waals surface area contributed by atoms with Gasteiger partial charge in [0.15, 0.2) is 0 Å². The SMILES string of the molecule is CCNc1nc(N(C)Cc2scnc2C)c2ccsc2n1. The van der Waals surface area contributed by atoms with Gasteiger partial charge in [-0.3, -0.25) is 0 Å². The predicted octanol–water partition coefficient (Wildman–Crippen LogP) is 3.52. The van der Waals surface area contributed by atoms with Crippen molar-refractivity contribution in [2.24, 2.45) is 0 Å². The van der Waals surface area contributed by atoms with Crippen LogP contribution >= 0.6 is 22.7 Å². The Morgan fingerprint density at radius 2 is 2.14 bits per heavy atom. The standard InChI is InChI=1S/C14H17N5S2/c1-4-15-14-17-12(10-5-6-20-13(10)18-14)19(3)7-11-9(2)16-8-21-11/h5-6,8H,4,7H2,1-3H3,(H,15,17,18). The summed E-state index contributed by atoms with van der Waals surface area (Å²) >= 11 is 3.33. The molecule has 0 aliphatic carbocycles. The number of aryl methyl sites for hydroxylation is 1. The zero-order valence-corrected chi connectivity index (χ0v) is 13.9. The molecular weight excluding hydrogens is 302 g/mol. The van der Waals surface area contributed by atoms with Crippen molar-refractivity contribution in [3.63, 3.8) is 0 Å². The zero-order valence-electron chi connectivity index (χ0n) is 12.3. The molecule has 0 atom stereocenters. The summed E-state index contributed by atoms with van der Waals surface area (Å²) in [5.74, 6) is 1.65. The summed E-state index contributed by atoms with van der Waals surface area (Å²) in [7, 11) is 2.06. The Kier molecular flexibility index (Phi) is 4.03. The first-order valence-corrected chi connectivity index (χ1v) is 8.54. The minimum absolute atomic E-state index is 0.690. The van der Waals surface area contributed by atoms with E-state index < -0.39 is 0 Å². The van der Waals surface area contributed by atoms with Crippen molar-refractivity contribution in [3.05, 3.63) is 27.5 Å². The van der Waals surface area contributed by atoms with Crippen molar-refractivity contribution in [1.29, 1.82) is 0 Å². The van der Waals surface area contributed by atoms with Crippen LogP contribution in [0.1, 0.15) is 17.5 Å². The molecule has 0 amide bonds. The highest BCUT2D eigenvalue weighted by molar-refractivity contribution is 7.16. The van der Waals surface area contributed by atoms with Gasteiger partial charge in [-0.1, -0.05) is 0 Å². The number of aromatic nitrogens is 3. The second-order valence-electron chi connectivity index (χ2n) is 4.76. The van der Waals surface area contributed by atoms with Crippen LogP contribution in [-0.2, 0) is 6.54 Å². The normalized spacial score (nSPS) is 11.0. The van der Waals surface area contributed by atoms with E-state index in [0.29, 0.717) is 5.95 Å². The average Bonchev–Trinajstić information content (AvgIpc) is 3.08. The highest BCUT2D eigenvalue weighted by Gasteiger charge is 2.14. The van der Waals surface area contributed by atoms with Gasteiger partial charge in [-0.15, -0.1) is 22.7 Å². The van der Waals surface area contributed by atoms with Crippen LogP contribution in [0, 0.1) is 6.92 Å². The molecule has 3 rings (SSSR count). The Bertz CT molecular complexity index is 749. The number of fused-ring (bicyclic) bond motifs is 1. The molecule has 7 heteroatoms. The monoisotopic (exact) mass is 319 g/mol. The summed E-state index contributed by atoms with van der Waals surface area (Å²) < 4.78 is 0. The molecule has 0 saturated heterocycles. The second-order valence-corrected chi connectivity index (χ2v) is 6.59. The van der Waals surface area contributed by atoms with E-state index in [4.69, 9.17) is 0 Å². The molecule has 0 spiro atoms. The van der Waals surface area contributed by atoms with Crippen LogP contribution in [0.15, 0.2) is 17.0 Å². The lowest BCUT2D eigenvalue weighted by Gasteiger charge is -2.19. The lowest BCUT2D eigenvalue weighted by molar-refractivity contribution is 0.903. The number of thiazole rings is 1. The number of rotatable bonds is 5. The van der Waals surface area contributed by atoms with Gasteiger partial charge in [0.2, 0.25) is 5.95 Å². The first-order valence-electron chi connectivity index (χ1n) is 6.78. The lowest BCUT2D eigenvalue weighted by atomic mass is 10.3. The first-order chi connectivity index (χ1) is 10.2. The molecule has 0 aliphatic heterocycles. The van der Waals surface area contributed by atoms with Gasteiger partial charge in [-0.2, -0.15) is 4.98 Å². The van der Waals surface area contributed by atoms with Gasteiger partial charge in [-0.25, -0.2) is 9.97 Å². The quantitative estimate of drug-likeness (QED) is 0.780. The molecule has 21 heavy (non-hydrogen) atoms. The minimum Gasteiger partial charge on any atom is -0.354 e. The maximum absolute atomic E-state index is 4.67. The topological polar surface area (TPSA) is 53.9 Å². The van der Waals surface area contributed by atoms with Crippen molar-refractivity contribution >= 4 is 44.7 Å². The van der Waals surface area contributed by atoms with E-state index in [0.717, 1.165) is 34.8 Å². The summed E-state index contributed by atoms with van der Waals surface area (Å²) in [5, 5.41) is 6.37. The highest BCUT2D eigenvalue weighted by Crippen LogP contribution is 2.30. The molecular formula is C14H17N5S2. The fourth-order valence-corrected chi connectivity index (χ4v) is 3.72. The number of nitrogens with zero attached hydrogens (tertiary/aromatic N) is 4. The molecule has 110 valence electrons. The number of thiophene rings is 1. The number of nitrogens with one attached hydrogen (secondary N) is 1. The number of hydrogen-bond donors (Lipinski definition) is 1. The van der Waals surface area contributed by atoms with Crippen LogP contribution in [0.3, 0.4) is 0 Å². The van der Waals surface area contributed by atoms with Crippen LogP contribution < -0.4 is 10.2 Å². The van der Waals surface area contributed by atoms with Gasteiger partial charge >= 0.3 is 0 Å². The number of hydrogen-bond acceptors (Lipinski definition) is 7. The summed E-state index contributed by atoms with van der Waals surface area (Å²) in [6, 6.07) is 2.08. The molecule has 0 bridgehead atoms. The maximum Gasteiger partial charge on any atom is 0.226 e. The Balaban J connectivity index is 1.97. The molecule has 0 aromatic carbocycles. The van der Waals surface area contributed by atoms with Crippen LogP contribution in [0.2, 0.25) is 0 Å². The predicted molar refractivity (Wildman–Crippen MR) is 90.5 cm³/mol. The van der Waals surface area contributed by atoms with Crippen molar-refractivity contribution < 1.29 is 0 Å². The highest BCUT2D eigenvalue weighted by atomic mass is 32.1. The molecule has 3 heterocycles. The van der Waals surface area contributed by atoms with E-state index >= 15 is 0 Å². The van der Waals surface area contributed by atoms with Gasteiger partial charge in [0, 0.05) is 18.5 Å². The third-order valence-electron chi connectivity index (χ3n) is 3.23. The Morgan fingerprint density at radius 1 is 1.29 bits per heavy atom. The van der Waals surface area contributed by atoms with E-state index in [1.165, 1.54) is 4.88 Å². The van der Waals surface area contributed by atoms with Gasteiger partial charge < -0.3 is 10.2 Å². The lowest BCUT2D eigenvalue weighted by Crippen LogP contribution is -2.19. The molecule has 5 nitrogen and oxygen atoms in total. The summed E-state index contributed by atoms with van der Waals surface area (Å²) in [4.78, 5) is 18.0. The third-order valence-corrected chi connectivity index (χ3v) is 4.95. The molecule has 1 N–H and O–H groups in total. The third kappa shape index (κ3) is 2.84. The summed E-state index contributed by atoms with van der Waals surface area (Å²) in [6.45, 7) is 5.72. The Labute approximate surface area is 131 Å². The van der Waals surface area contributed by atoms with Crippen molar-refractivity contribution in [3.8, 4) is 0 Å². The average molecular weight is 319 g/mol. The largest absolute Gasteiger partial charge is 0.354 e.